The Kier molecular flexibility index (Phi) is 13.1. The third-order valence-electron chi connectivity index (χ3n) is 11.0. The molecule has 4 rings (SSSR count). The van der Waals surface area contributed by atoms with Crippen LogP contribution in [0.2, 0.25) is 0 Å². The summed E-state index contributed by atoms with van der Waals surface area (Å²) in [6.07, 6.45) is 17.1. The average molecular weight is 578 g/mol. The summed E-state index contributed by atoms with van der Waals surface area (Å²) in [7, 11) is 0. The van der Waals surface area contributed by atoms with Crippen LogP contribution in [0.25, 0.3) is 0 Å². The van der Waals surface area contributed by atoms with Gasteiger partial charge in [-0.05, 0) is 68.7 Å². The Labute approximate surface area is 248 Å². The molecule has 3 aliphatic carbocycles. The van der Waals surface area contributed by atoms with Gasteiger partial charge in [0.25, 0.3) is 0 Å². The lowest BCUT2D eigenvalue weighted by Gasteiger charge is -2.47. The SMILES string of the molecule is CCCCNC(O)[C@@H]1CC2CCCC[C@@H]2CN1CC(=O)[C@H](CSC1CCCCC1)NC(=O)C1CCCC(C)C1C. The van der Waals surface area contributed by atoms with E-state index in [1.807, 2.05) is 11.8 Å². The Balaban J connectivity index is 1.45. The highest BCUT2D eigenvalue weighted by Gasteiger charge is 2.41. The van der Waals surface area contributed by atoms with E-state index >= 15 is 0 Å². The third-order valence-corrected chi connectivity index (χ3v) is 12.4. The van der Waals surface area contributed by atoms with Crippen molar-refractivity contribution in [3.8, 4) is 0 Å². The van der Waals surface area contributed by atoms with Crippen LogP contribution in [0, 0.1) is 29.6 Å². The van der Waals surface area contributed by atoms with E-state index in [1.165, 1.54) is 64.2 Å². The molecule has 0 spiro atoms. The zero-order valence-electron chi connectivity index (χ0n) is 25.8. The number of thioether (sulfide) groups is 1. The van der Waals surface area contributed by atoms with Crippen LogP contribution in [0.4, 0.5) is 0 Å². The second kappa shape index (κ2) is 16.3. The van der Waals surface area contributed by atoms with Gasteiger partial charge in [0.05, 0.1) is 12.6 Å². The molecule has 1 saturated heterocycles. The van der Waals surface area contributed by atoms with Crippen LogP contribution in [0.5, 0.6) is 0 Å². The molecule has 3 saturated carbocycles. The molecular weight excluding hydrogens is 518 g/mol. The van der Waals surface area contributed by atoms with Crippen LogP contribution >= 0.6 is 11.8 Å². The lowest BCUT2D eigenvalue weighted by atomic mass is 9.72. The van der Waals surface area contributed by atoms with Crippen molar-refractivity contribution in [3.05, 3.63) is 0 Å². The lowest BCUT2D eigenvalue weighted by molar-refractivity contribution is -0.133. The van der Waals surface area contributed by atoms with Crippen LogP contribution in [-0.2, 0) is 9.59 Å². The molecule has 0 aromatic carbocycles. The van der Waals surface area contributed by atoms with Gasteiger partial charge < -0.3 is 10.4 Å². The van der Waals surface area contributed by atoms with E-state index in [4.69, 9.17) is 0 Å². The summed E-state index contributed by atoms with van der Waals surface area (Å²) in [4.78, 5) is 29.9. The number of nitrogens with one attached hydrogen (secondary N) is 2. The number of carbonyl (C=O) groups is 2. The molecule has 0 radical (unpaired) electrons. The molecule has 1 amide bonds. The minimum atomic E-state index is -0.614. The van der Waals surface area contributed by atoms with Crippen molar-refractivity contribution in [2.75, 3.05) is 25.4 Å². The van der Waals surface area contributed by atoms with Crippen LogP contribution in [0.1, 0.15) is 117 Å². The predicted molar refractivity (Wildman–Crippen MR) is 166 cm³/mol. The van der Waals surface area contributed by atoms with Crippen molar-refractivity contribution in [1.82, 2.24) is 15.5 Å². The minimum absolute atomic E-state index is 0.00838. The fraction of sp³-hybridized carbons (Fsp3) is 0.939. The number of piperidine rings is 1. The van der Waals surface area contributed by atoms with E-state index < -0.39 is 12.3 Å². The summed E-state index contributed by atoms with van der Waals surface area (Å²) in [6.45, 7) is 8.67. The molecule has 0 aromatic rings. The number of aliphatic hydroxyl groups excluding tert-OH is 1. The van der Waals surface area contributed by atoms with E-state index in [-0.39, 0.29) is 23.7 Å². The molecule has 40 heavy (non-hydrogen) atoms. The second-order valence-corrected chi connectivity index (χ2v) is 15.1. The van der Waals surface area contributed by atoms with Crippen molar-refractivity contribution >= 4 is 23.5 Å². The first-order valence-electron chi connectivity index (χ1n) is 17.0. The van der Waals surface area contributed by atoms with Gasteiger partial charge in [0, 0.05) is 29.5 Å². The van der Waals surface area contributed by atoms with Crippen LogP contribution in [0.3, 0.4) is 0 Å². The van der Waals surface area contributed by atoms with Crippen molar-refractivity contribution in [2.24, 2.45) is 29.6 Å². The number of nitrogens with zero attached hydrogens (tertiary/aromatic N) is 1. The van der Waals surface area contributed by atoms with Crippen LogP contribution in [0.15, 0.2) is 0 Å². The Hall–Kier alpha value is -0.630. The Bertz CT molecular complexity index is 791. The van der Waals surface area contributed by atoms with Gasteiger partial charge in [-0.3, -0.25) is 19.8 Å². The molecule has 1 aliphatic heterocycles. The minimum Gasteiger partial charge on any atom is -0.377 e. The molecule has 6 nitrogen and oxygen atoms in total. The molecule has 7 heteroatoms. The van der Waals surface area contributed by atoms with E-state index in [0.717, 1.165) is 45.2 Å². The molecule has 0 aromatic heterocycles. The molecule has 230 valence electrons. The smallest absolute Gasteiger partial charge is 0.223 e. The van der Waals surface area contributed by atoms with Gasteiger partial charge in [-0.15, -0.1) is 0 Å². The van der Waals surface area contributed by atoms with Crippen LogP contribution in [-0.4, -0.2) is 70.6 Å². The monoisotopic (exact) mass is 577 g/mol. The molecule has 4 aliphatic rings. The van der Waals surface area contributed by atoms with E-state index in [0.29, 0.717) is 41.2 Å². The summed E-state index contributed by atoms with van der Waals surface area (Å²) in [5.41, 5.74) is 0. The number of fused-ring (bicyclic) bond motifs is 1. The Morgan fingerprint density at radius 3 is 2.42 bits per heavy atom. The van der Waals surface area contributed by atoms with E-state index in [2.05, 4.69) is 36.3 Å². The van der Waals surface area contributed by atoms with Crippen LogP contribution < -0.4 is 10.6 Å². The lowest BCUT2D eigenvalue weighted by Crippen LogP contribution is -2.59. The first kappa shape index (κ1) is 32.3. The summed E-state index contributed by atoms with van der Waals surface area (Å²) < 4.78 is 0. The number of amides is 1. The quantitative estimate of drug-likeness (QED) is 0.191. The van der Waals surface area contributed by atoms with Crippen molar-refractivity contribution in [2.45, 2.75) is 141 Å². The number of aliphatic hydroxyl groups is 1. The zero-order chi connectivity index (χ0) is 28.5. The number of Topliss-reactive ketones (excluding diaryl/α,β-unsaturated/α-hetero) is 1. The summed E-state index contributed by atoms with van der Waals surface area (Å²) in [6, 6.07) is -0.486. The molecule has 8 atom stereocenters. The van der Waals surface area contributed by atoms with Gasteiger partial charge in [-0.1, -0.05) is 78.6 Å². The number of ketones is 1. The molecule has 1 heterocycles. The van der Waals surface area contributed by atoms with Gasteiger partial charge in [-0.2, -0.15) is 11.8 Å². The first-order valence-corrected chi connectivity index (χ1v) is 18.0. The largest absolute Gasteiger partial charge is 0.377 e. The number of rotatable bonds is 13. The third kappa shape index (κ3) is 8.94. The fourth-order valence-electron chi connectivity index (χ4n) is 8.02. The number of likely N-dealkylation sites (tertiary alicyclic amines) is 1. The van der Waals surface area contributed by atoms with Gasteiger partial charge in [0.15, 0.2) is 5.78 Å². The number of hydrogen-bond acceptors (Lipinski definition) is 6. The maximum atomic E-state index is 14.1. The standard InChI is InChI=1S/C33H59N3O3S/c1-4-5-18-34-33(39)30-19-25-13-9-10-14-26(25)20-36(30)21-31(37)29(22-40-27-15-7-6-8-16-27)35-32(38)28-17-11-12-23(2)24(28)3/h23-30,33-34,39H,4-22H2,1-3H3,(H,35,38)/t23?,24?,25?,26-,28?,29+,30+,33?/m1/s1. The molecule has 4 fully saturated rings. The van der Waals surface area contributed by atoms with Crippen molar-refractivity contribution in [3.63, 3.8) is 0 Å². The maximum Gasteiger partial charge on any atom is 0.223 e. The number of unbranched alkanes of at least 4 members (excludes halogenated alkanes) is 1. The molecule has 5 unspecified atom stereocenters. The van der Waals surface area contributed by atoms with Crippen molar-refractivity contribution in [1.29, 1.82) is 0 Å². The van der Waals surface area contributed by atoms with Crippen molar-refractivity contribution < 1.29 is 14.7 Å². The first-order chi connectivity index (χ1) is 19.4. The Morgan fingerprint density at radius 2 is 1.68 bits per heavy atom. The molecule has 0 bridgehead atoms. The summed E-state index contributed by atoms with van der Waals surface area (Å²) >= 11 is 1.91. The topological polar surface area (TPSA) is 81.7 Å². The highest BCUT2D eigenvalue weighted by molar-refractivity contribution is 8.00. The maximum absolute atomic E-state index is 14.1. The van der Waals surface area contributed by atoms with Gasteiger partial charge in [0.1, 0.15) is 6.23 Å². The normalized spacial score (nSPS) is 33.6. The Morgan fingerprint density at radius 1 is 0.950 bits per heavy atom. The van der Waals surface area contributed by atoms with E-state index in [1.54, 1.807) is 0 Å². The van der Waals surface area contributed by atoms with Gasteiger partial charge in [0.2, 0.25) is 5.91 Å². The van der Waals surface area contributed by atoms with Gasteiger partial charge in [-0.25, -0.2) is 0 Å². The number of carbonyl (C=O) groups excluding carboxylic acids is 2. The average Bonchev–Trinajstić information content (AvgIpc) is 2.96. The molecule has 3 N–H and O–H groups in total. The van der Waals surface area contributed by atoms with E-state index in [9.17, 15) is 14.7 Å². The van der Waals surface area contributed by atoms with Gasteiger partial charge >= 0.3 is 0 Å². The zero-order valence-corrected chi connectivity index (χ0v) is 26.6. The summed E-state index contributed by atoms with van der Waals surface area (Å²) in [5, 5.41) is 18.5. The highest BCUT2D eigenvalue weighted by atomic mass is 32.2. The molecular formula is C33H59N3O3S. The highest BCUT2D eigenvalue weighted by Crippen LogP contribution is 2.39. The predicted octanol–water partition coefficient (Wildman–Crippen LogP) is 5.77. The second-order valence-electron chi connectivity index (χ2n) is 13.8. The number of hydrogen-bond donors (Lipinski definition) is 3. The summed E-state index contributed by atoms with van der Waals surface area (Å²) in [5.74, 6) is 3.08. The fourth-order valence-corrected chi connectivity index (χ4v) is 9.42.